The first-order valence-electron chi connectivity index (χ1n) is 9.32. The molecule has 3 aromatic heterocycles. The minimum absolute atomic E-state index is 0.211. The average molecular weight is 391 g/mol. The highest BCUT2D eigenvalue weighted by Crippen LogP contribution is 2.11. The molecule has 0 spiro atoms. The summed E-state index contributed by atoms with van der Waals surface area (Å²) in [6, 6.07) is 13.2. The van der Waals surface area contributed by atoms with Crippen LogP contribution in [0.5, 0.6) is 0 Å². The van der Waals surface area contributed by atoms with E-state index in [-0.39, 0.29) is 12.6 Å². The largest absolute Gasteiger partial charge is 0.351 e. The number of amides is 1. The quantitative estimate of drug-likeness (QED) is 0.455. The van der Waals surface area contributed by atoms with Gasteiger partial charge >= 0.3 is 0 Å². The van der Waals surface area contributed by atoms with Crippen molar-refractivity contribution < 1.29 is 4.79 Å². The predicted molar refractivity (Wildman–Crippen MR) is 105 cm³/mol. The van der Waals surface area contributed by atoms with Crippen LogP contribution in [0.15, 0.2) is 54.9 Å². The van der Waals surface area contributed by atoms with E-state index in [1.54, 1.807) is 23.1 Å². The van der Waals surface area contributed by atoms with E-state index < -0.39 is 0 Å². The molecule has 148 valence electrons. The summed E-state index contributed by atoms with van der Waals surface area (Å²) in [7, 11) is 0. The van der Waals surface area contributed by atoms with E-state index in [0.717, 1.165) is 24.2 Å². The maximum absolute atomic E-state index is 12.3. The SMILES string of the molecule is Cc1ccnn1CCCNC(=O)c1ccn(Cn2nnc(-c3ccccc3)n2)n1. The summed E-state index contributed by atoms with van der Waals surface area (Å²) in [5.74, 6) is 0.334. The van der Waals surface area contributed by atoms with Crippen LogP contribution in [0.3, 0.4) is 0 Å². The monoisotopic (exact) mass is 391 g/mol. The molecule has 0 fully saturated rings. The lowest BCUT2D eigenvalue weighted by atomic mass is 10.2. The van der Waals surface area contributed by atoms with Gasteiger partial charge in [-0.2, -0.15) is 10.2 Å². The molecule has 0 atom stereocenters. The number of nitrogens with zero attached hydrogens (tertiary/aromatic N) is 8. The van der Waals surface area contributed by atoms with E-state index in [2.05, 4.69) is 30.9 Å². The Bertz CT molecular complexity index is 1080. The summed E-state index contributed by atoms with van der Waals surface area (Å²) in [6.45, 7) is 3.59. The topological polar surface area (TPSA) is 108 Å². The lowest BCUT2D eigenvalue weighted by Gasteiger charge is -2.05. The minimum Gasteiger partial charge on any atom is -0.351 e. The van der Waals surface area contributed by atoms with Gasteiger partial charge in [0.2, 0.25) is 5.82 Å². The number of aryl methyl sites for hydroxylation is 2. The van der Waals surface area contributed by atoms with Crippen molar-refractivity contribution in [1.82, 2.24) is 45.1 Å². The Morgan fingerprint density at radius 2 is 1.97 bits per heavy atom. The van der Waals surface area contributed by atoms with E-state index in [9.17, 15) is 4.79 Å². The Kier molecular flexibility index (Phi) is 5.41. The third kappa shape index (κ3) is 4.54. The number of nitrogens with one attached hydrogen (secondary N) is 1. The smallest absolute Gasteiger partial charge is 0.271 e. The molecule has 4 aromatic rings. The Balaban J connectivity index is 1.28. The normalized spacial score (nSPS) is 10.9. The van der Waals surface area contributed by atoms with E-state index >= 15 is 0 Å². The third-order valence-electron chi connectivity index (χ3n) is 4.39. The average Bonchev–Trinajstić information content (AvgIpc) is 3.48. The number of hydrogen-bond acceptors (Lipinski definition) is 6. The van der Waals surface area contributed by atoms with Gasteiger partial charge in [-0.15, -0.1) is 15.0 Å². The Morgan fingerprint density at radius 1 is 1.10 bits per heavy atom. The van der Waals surface area contributed by atoms with Crippen molar-refractivity contribution >= 4 is 5.91 Å². The zero-order valence-corrected chi connectivity index (χ0v) is 16.0. The summed E-state index contributed by atoms with van der Waals surface area (Å²) in [5, 5.41) is 23.8. The molecular weight excluding hydrogens is 370 g/mol. The lowest BCUT2D eigenvalue weighted by Crippen LogP contribution is -2.26. The van der Waals surface area contributed by atoms with Crippen molar-refractivity contribution in [3.8, 4) is 11.4 Å². The highest BCUT2D eigenvalue weighted by Gasteiger charge is 2.11. The summed E-state index contributed by atoms with van der Waals surface area (Å²) >= 11 is 0. The maximum atomic E-state index is 12.3. The fraction of sp³-hybridized carbons (Fsp3) is 0.263. The predicted octanol–water partition coefficient (Wildman–Crippen LogP) is 1.37. The number of carbonyl (C=O) groups is 1. The van der Waals surface area contributed by atoms with Crippen LogP contribution in [0, 0.1) is 6.92 Å². The zero-order chi connectivity index (χ0) is 20.1. The molecule has 1 N–H and O–H groups in total. The van der Waals surface area contributed by atoms with Gasteiger partial charge in [0.15, 0.2) is 6.67 Å². The van der Waals surface area contributed by atoms with Crippen molar-refractivity contribution in [2.45, 2.75) is 26.6 Å². The molecule has 0 bridgehead atoms. The van der Waals surface area contributed by atoms with Crippen molar-refractivity contribution in [2.24, 2.45) is 0 Å². The van der Waals surface area contributed by atoms with E-state index in [4.69, 9.17) is 0 Å². The van der Waals surface area contributed by atoms with Crippen LogP contribution >= 0.6 is 0 Å². The van der Waals surface area contributed by atoms with Gasteiger partial charge in [0.25, 0.3) is 5.91 Å². The van der Waals surface area contributed by atoms with Crippen LogP contribution in [0.1, 0.15) is 22.6 Å². The molecule has 10 nitrogen and oxygen atoms in total. The molecule has 0 aliphatic rings. The van der Waals surface area contributed by atoms with Gasteiger partial charge < -0.3 is 5.32 Å². The number of hydrogen-bond donors (Lipinski definition) is 1. The highest BCUT2D eigenvalue weighted by atomic mass is 16.1. The van der Waals surface area contributed by atoms with Crippen LogP contribution in [0.4, 0.5) is 0 Å². The van der Waals surface area contributed by atoms with Crippen LogP contribution in [0.25, 0.3) is 11.4 Å². The molecule has 1 aromatic carbocycles. The molecule has 0 aliphatic carbocycles. The Hall–Kier alpha value is -3.82. The van der Waals surface area contributed by atoms with Gasteiger partial charge in [-0.25, -0.2) is 4.68 Å². The van der Waals surface area contributed by atoms with Crippen LogP contribution in [-0.4, -0.2) is 52.2 Å². The second kappa shape index (κ2) is 8.46. The third-order valence-corrected chi connectivity index (χ3v) is 4.39. The molecule has 29 heavy (non-hydrogen) atoms. The first-order chi connectivity index (χ1) is 14.2. The first-order valence-corrected chi connectivity index (χ1v) is 9.32. The second-order valence-electron chi connectivity index (χ2n) is 6.54. The number of carbonyl (C=O) groups excluding carboxylic acids is 1. The molecule has 4 rings (SSSR count). The summed E-state index contributed by atoms with van der Waals surface area (Å²) in [6.07, 6.45) is 4.28. The maximum Gasteiger partial charge on any atom is 0.271 e. The number of tetrazole rings is 1. The molecular formula is C19H21N9O. The van der Waals surface area contributed by atoms with Gasteiger partial charge in [0.1, 0.15) is 5.69 Å². The fourth-order valence-electron chi connectivity index (χ4n) is 2.85. The van der Waals surface area contributed by atoms with Gasteiger partial charge in [-0.05, 0) is 30.7 Å². The fourth-order valence-corrected chi connectivity index (χ4v) is 2.85. The van der Waals surface area contributed by atoms with E-state index in [1.165, 1.54) is 4.80 Å². The molecule has 0 saturated heterocycles. The second-order valence-corrected chi connectivity index (χ2v) is 6.54. The lowest BCUT2D eigenvalue weighted by molar-refractivity contribution is 0.0946. The number of aromatic nitrogens is 8. The zero-order valence-electron chi connectivity index (χ0n) is 16.0. The Labute approximate surface area is 167 Å². The molecule has 0 saturated carbocycles. The van der Waals surface area contributed by atoms with Crippen molar-refractivity contribution in [3.05, 3.63) is 66.2 Å². The molecule has 0 aliphatic heterocycles. The van der Waals surface area contributed by atoms with Crippen molar-refractivity contribution in [1.29, 1.82) is 0 Å². The standard InChI is InChI=1S/C19H21N9O/c1-15-8-11-21-27(15)12-5-10-20-19(29)17-9-13-26(23-17)14-28-24-18(22-25-28)16-6-3-2-4-7-16/h2-4,6-9,11,13H,5,10,12,14H2,1H3,(H,20,29). The van der Waals surface area contributed by atoms with E-state index in [0.29, 0.717) is 18.1 Å². The van der Waals surface area contributed by atoms with Gasteiger partial charge in [-0.3, -0.25) is 9.48 Å². The molecule has 0 unspecified atom stereocenters. The van der Waals surface area contributed by atoms with Crippen LogP contribution < -0.4 is 5.32 Å². The number of benzene rings is 1. The van der Waals surface area contributed by atoms with Gasteiger partial charge in [0.05, 0.1) is 0 Å². The van der Waals surface area contributed by atoms with Crippen LogP contribution in [0.2, 0.25) is 0 Å². The summed E-state index contributed by atoms with van der Waals surface area (Å²) < 4.78 is 3.51. The highest BCUT2D eigenvalue weighted by molar-refractivity contribution is 5.92. The molecule has 10 heteroatoms. The molecule has 1 amide bonds. The minimum atomic E-state index is -0.211. The summed E-state index contributed by atoms with van der Waals surface area (Å²) in [5.41, 5.74) is 2.35. The molecule has 3 heterocycles. The number of rotatable bonds is 8. The Morgan fingerprint density at radius 3 is 2.76 bits per heavy atom. The molecule has 0 radical (unpaired) electrons. The van der Waals surface area contributed by atoms with Crippen molar-refractivity contribution in [2.75, 3.05) is 6.54 Å². The van der Waals surface area contributed by atoms with Crippen molar-refractivity contribution in [3.63, 3.8) is 0 Å². The van der Waals surface area contributed by atoms with Crippen LogP contribution in [-0.2, 0) is 13.2 Å². The van der Waals surface area contributed by atoms with Gasteiger partial charge in [-0.1, -0.05) is 30.3 Å². The van der Waals surface area contributed by atoms with Gasteiger partial charge in [0, 0.05) is 36.7 Å². The first kappa shape index (κ1) is 18.5. The van der Waals surface area contributed by atoms with E-state index in [1.807, 2.05) is 48.0 Å². The summed E-state index contributed by atoms with van der Waals surface area (Å²) in [4.78, 5) is 13.7.